The molecule has 14 heavy (non-hydrogen) atoms. The molecular formula is C13H14O. The predicted molar refractivity (Wildman–Crippen MR) is 57.9 cm³/mol. The summed E-state index contributed by atoms with van der Waals surface area (Å²) in [6.07, 6.45) is 4.46. The molecule has 0 aliphatic heterocycles. The fraction of sp³-hybridized carbons (Fsp3) is 0.308. The van der Waals surface area contributed by atoms with Gasteiger partial charge in [-0.2, -0.15) is 0 Å². The quantitative estimate of drug-likeness (QED) is 0.401. The van der Waals surface area contributed by atoms with Gasteiger partial charge in [0.2, 0.25) is 0 Å². The van der Waals surface area contributed by atoms with Crippen molar-refractivity contribution in [3.8, 4) is 11.8 Å². The average Bonchev–Trinajstić information content (AvgIpc) is 2.25. The van der Waals surface area contributed by atoms with Crippen molar-refractivity contribution >= 4 is 6.29 Å². The topological polar surface area (TPSA) is 17.1 Å². The second-order valence-electron chi connectivity index (χ2n) is 3.08. The monoisotopic (exact) mass is 186 g/mol. The minimum atomic E-state index is 0.660. The van der Waals surface area contributed by atoms with E-state index in [0.29, 0.717) is 6.42 Å². The summed E-state index contributed by atoms with van der Waals surface area (Å²) in [4.78, 5) is 10.0. The first-order valence-corrected chi connectivity index (χ1v) is 4.91. The van der Waals surface area contributed by atoms with Gasteiger partial charge < -0.3 is 4.79 Å². The first-order valence-electron chi connectivity index (χ1n) is 4.91. The van der Waals surface area contributed by atoms with Crippen molar-refractivity contribution in [2.24, 2.45) is 0 Å². The Morgan fingerprint density at radius 2 is 1.93 bits per heavy atom. The van der Waals surface area contributed by atoms with Gasteiger partial charge in [-0.25, -0.2) is 0 Å². The molecule has 0 aliphatic carbocycles. The molecule has 1 rings (SSSR count). The second kappa shape index (κ2) is 6.91. The highest BCUT2D eigenvalue weighted by molar-refractivity contribution is 5.48. The lowest BCUT2D eigenvalue weighted by molar-refractivity contribution is -0.107. The molecule has 0 saturated heterocycles. The van der Waals surface area contributed by atoms with Gasteiger partial charge in [0, 0.05) is 18.4 Å². The van der Waals surface area contributed by atoms with Crippen LogP contribution in [0.25, 0.3) is 0 Å². The summed E-state index contributed by atoms with van der Waals surface area (Å²) >= 11 is 0. The molecule has 1 heteroatoms. The molecule has 0 aromatic heterocycles. The maximum Gasteiger partial charge on any atom is 0.119 e. The van der Waals surface area contributed by atoms with E-state index in [9.17, 15) is 4.79 Å². The van der Waals surface area contributed by atoms with E-state index in [-0.39, 0.29) is 0 Å². The third kappa shape index (κ3) is 4.47. The van der Waals surface area contributed by atoms with Crippen molar-refractivity contribution in [2.75, 3.05) is 0 Å². The Kier molecular flexibility index (Phi) is 5.20. The third-order valence-electron chi connectivity index (χ3n) is 1.88. The number of rotatable bonds is 4. The molecule has 0 atom stereocenters. The fourth-order valence-electron chi connectivity index (χ4n) is 1.13. The van der Waals surface area contributed by atoms with Crippen LogP contribution in [0.1, 0.15) is 31.2 Å². The summed E-state index contributed by atoms with van der Waals surface area (Å²) in [5.74, 6) is 6.18. The predicted octanol–water partition coefficient (Wildman–Crippen LogP) is 2.80. The van der Waals surface area contributed by atoms with E-state index in [4.69, 9.17) is 0 Å². The van der Waals surface area contributed by atoms with Crippen LogP contribution in [0.3, 0.4) is 0 Å². The summed E-state index contributed by atoms with van der Waals surface area (Å²) in [5.41, 5.74) is 1.06. The molecule has 72 valence electrons. The van der Waals surface area contributed by atoms with Crippen molar-refractivity contribution < 1.29 is 4.79 Å². The number of hydrogen-bond donors (Lipinski definition) is 0. The Hall–Kier alpha value is -1.55. The molecule has 0 fully saturated rings. The van der Waals surface area contributed by atoms with E-state index in [0.717, 1.165) is 31.1 Å². The summed E-state index contributed by atoms with van der Waals surface area (Å²) < 4.78 is 0. The highest BCUT2D eigenvalue weighted by Crippen LogP contribution is 1.98. The summed E-state index contributed by atoms with van der Waals surface area (Å²) in [5, 5.41) is 0. The molecule has 0 aliphatic rings. The van der Waals surface area contributed by atoms with E-state index in [1.54, 1.807) is 0 Å². The van der Waals surface area contributed by atoms with Crippen molar-refractivity contribution in [3.63, 3.8) is 0 Å². The third-order valence-corrected chi connectivity index (χ3v) is 1.88. The van der Waals surface area contributed by atoms with Gasteiger partial charge in [0.15, 0.2) is 0 Å². The van der Waals surface area contributed by atoms with Crippen molar-refractivity contribution in [1.82, 2.24) is 0 Å². The molecule has 1 nitrogen and oxygen atoms in total. The first-order chi connectivity index (χ1) is 6.93. The molecule has 1 aromatic rings. The number of hydrogen-bond acceptors (Lipinski definition) is 1. The van der Waals surface area contributed by atoms with Gasteiger partial charge in [-0.1, -0.05) is 30.0 Å². The zero-order chi connectivity index (χ0) is 10.1. The maximum atomic E-state index is 10.0. The van der Waals surface area contributed by atoms with Gasteiger partial charge >= 0.3 is 0 Å². The molecule has 0 radical (unpaired) electrons. The Balaban J connectivity index is 2.24. The molecule has 0 spiro atoms. The van der Waals surface area contributed by atoms with E-state index in [1.165, 1.54) is 0 Å². The van der Waals surface area contributed by atoms with Crippen LogP contribution in [0.2, 0.25) is 0 Å². The molecule has 0 N–H and O–H groups in total. The molecule has 1 aromatic carbocycles. The van der Waals surface area contributed by atoms with E-state index < -0.39 is 0 Å². The lowest BCUT2D eigenvalue weighted by Crippen LogP contribution is -1.77. The lowest BCUT2D eigenvalue weighted by atomic mass is 10.2. The molecular weight excluding hydrogens is 172 g/mol. The number of benzene rings is 1. The smallest absolute Gasteiger partial charge is 0.119 e. The zero-order valence-electron chi connectivity index (χ0n) is 8.20. The Morgan fingerprint density at radius 1 is 1.14 bits per heavy atom. The molecule has 0 bridgehead atoms. The van der Waals surface area contributed by atoms with Crippen LogP contribution in [0.5, 0.6) is 0 Å². The van der Waals surface area contributed by atoms with Gasteiger partial charge in [-0.15, -0.1) is 0 Å². The first kappa shape index (κ1) is 10.5. The van der Waals surface area contributed by atoms with E-state index in [2.05, 4.69) is 11.8 Å². The summed E-state index contributed by atoms with van der Waals surface area (Å²) in [6, 6.07) is 9.94. The number of carbonyl (C=O) groups is 1. The fourth-order valence-corrected chi connectivity index (χ4v) is 1.13. The largest absolute Gasteiger partial charge is 0.303 e. The van der Waals surface area contributed by atoms with Gasteiger partial charge in [-0.05, 0) is 25.0 Å². The Morgan fingerprint density at radius 3 is 2.64 bits per heavy atom. The van der Waals surface area contributed by atoms with Crippen LogP contribution in [-0.2, 0) is 4.79 Å². The number of aldehydes is 1. The molecule has 0 unspecified atom stereocenters. The van der Waals surface area contributed by atoms with Gasteiger partial charge in [0.05, 0.1) is 0 Å². The van der Waals surface area contributed by atoms with Crippen molar-refractivity contribution in [2.45, 2.75) is 25.7 Å². The normalized spacial score (nSPS) is 8.86. The maximum absolute atomic E-state index is 10.0. The summed E-state index contributed by atoms with van der Waals surface area (Å²) in [7, 11) is 0. The van der Waals surface area contributed by atoms with Crippen LogP contribution >= 0.6 is 0 Å². The second-order valence-corrected chi connectivity index (χ2v) is 3.08. The van der Waals surface area contributed by atoms with Crippen molar-refractivity contribution in [1.29, 1.82) is 0 Å². The minimum absolute atomic E-state index is 0.660. The van der Waals surface area contributed by atoms with Crippen LogP contribution < -0.4 is 0 Å². The average molecular weight is 186 g/mol. The number of carbonyl (C=O) groups excluding carboxylic acids is 1. The Labute approximate surface area is 85.1 Å². The highest BCUT2D eigenvalue weighted by Gasteiger charge is 1.84. The van der Waals surface area contributed by atoms with Gasteiger partial charge in [-0.3, -0.25) is 0 Å². The SMILES string of the molecule is O=CCCCCC#Cc1ccccc1. The lowest BCUT2D eigenvalue weighted by Gasteiger charge is -1.89. The molecule has 0 saturated carbocycles. The van der Waals surface area contributed by atoms with Gasteiger partial charge in [0.1, 0.15) is 6.29 Å². The number of unbranched alkanes of at least 4 members (excludes halogenated alkanes) is 3. The van der Waals surface area contributed by atoms with E-state index in [1.807, 2.05) is 30.3 Å². The van der Waals surface area contributed by atoms with E-state index >= 15 is 0 Å². The Bertz CT molecular complexity index is 316. The standard InChI is InChI=1S/C13H14O/c14-12-8-3-1-2-5-9-13-10-6-4-7-11-13/h4,6-7,10-12H,1-3,8H2. The van der Waals surface area contributed by atoms with Crippen LogP contribution in [0.4, 0.5) is 0 Å². The minimum Gasteiger partial charge on any atom is -0.303 e. The van der Waals surface area contributed by atoms with Crippen LogP contribution in [-0.4, -0.2) is 6.29 Å². The van der Waals surface area contributed by atoms with Gasteiger partial charge in [0.25, 0.3) is 0 Å². The van der Waals surface area contributed by atoms with Crippen molar-refractivity contribution in [3.05, 3.63) is 35.9 Å². The highest BCUT2D eigenvalue weighted by atomic mass is 16.1. The van der Waals surface area contributed by atoms with Crippen LogP contribution in [0.15, 0.2) is 30.3 Å². The molecule has 0 amide bonds. The van der Waals surface area contributed by atoms with Crippen LogP contribution in [0, 0.1) is 11.8 Å². The molecule has 0 heterocycles. The zero-order valence-corrected chi connectivity index (χ0v) is 8.20. The summed E-state index contributed by atoms with van der Waals surface area (Å²) in [6.45, 7) is 0.